The number of rotatable bonds is 60. The molecule has 0 spiro atoms. The van der Waals surface area contributed by atoms with Crippen LogP contribution in [0.2, 0.25) is 0 Å². The van der Waals surface area contributed by atoms with Crippen molar-refractivity contribution in [1.82, 2.24) is 0 Å². The molecule has 0 N–H and O–H groups in total. The number of carbonyl (C=O) groups excluding carboxylic acids is 3. The van der Waals surface area contributed by atoms with Crippen molar-refractivity contribution in [3.8, 4) is 0 Å². The number of hydrogen-bond acceptors (Lipinski definition) is 6. The molecule has 0 aromatic heterocycles. The van der Waals surface area contributed by atoms with Gasteiger partial charge in [-0.05, 0) is 25.2 Å². The van der Waals surface area contributed by atoms with Crippen molar-refractivity contribution in [3.63, 3.8) is 0 Å². The molecule has 2 atom stereocenters. The van der Waals surface area contributed by atoms with E-state index in [2.05, 4.69) is 27.7 Å². The van der Waals surface area contributed by atoms with Gasteiger partial charge >= 0.3 is 17.9 Å². The quantitative estimate of drug-likeness (QED) is 0.0343. The smallest absolute Gasteiger partial charge is 0.306 e. The number of esters is 3. The van der Waals surface area contributed by atoms with Crippen molar-refractivity contribution in [2.45, 2.75) is 381 Å². The van der Waals surface area contributed by atoms with Gasteiger partial charge < -0.3 is 14.2 Å². The lowest BCUT2D eigenvalue weighted by atomic mass is 9.99. The summed E-state index contributed by atoms with van der Waals surface area (Å²) in [5.74, 6) is 0.0694. The summed E-state index contributed by atoms with van der Waals surface area (Å²) in [6, 6.07) is 0. The fourth-order valence-corrected chi connectivity index (χ4v) is 10.1. The van der Waals surface area contributed by atoms with Crippen molar-refractivity contribution in [1.29, 1.82) is 0 Å². The largest absolute Gasteiger partial charge is 0.462 e. The first-order valence-electron chi connectivity index (χ1n) is 32.4. The molecule has 0 aliphatic rings. The maximum Gasteiger partial charge on any atom is 0.306 e. The highest BCUT2D eigenvalue weighted by atomic mass is 16.6. The van der Waals surface area contributed by atoms with Crippen LogP contribution in [-0.2, 0) is 28.6 Å². The zero-order chi connectivity index (χ0) is 51.6. The van der Waals surface area contributed by atoms with Gasteiger partial charge in [0.15, 0.2) is 6.10 Å². The minimum atomic E-state index is -0.763. The zero-order valence-electron chi connectivity index (χ0n) is 48.7. The minimum Gasteiger partial charge on any atom is -0.462 e. The normalized spacial score (nSPS) is 12.3. The molecule has 0 aliphatic carbocycles. The highest BCUT2D eigenvalue weighted by Crippen LogP contribution is 2.19. The van der Waals surface area contributed by atoms with E-state index in [9.17, 15) is 14.4 Å². The number of hydrogen-bond donors (Lipinski definition) is 0. The summed E-state index contributed by atoms with van der Waals surface area (Å²) in [7, 11) is 0. The van der Waals surface area contributed by atoms with Crippen LogP contribution in [0.4, 0.5) is 0 Å². The molecular formula is C65H126O6. The van der Waals surface area contributed by atoms with Crippen molar-refractivity contribution in [2.24, 2.45) is 5.92 Å². The van der Waals surface area contributed by atoms with Gasteiger partial charge in [0.2, 0.25) is 0 Å². The molecule has 0 saturated heterocycles. The molecule has 0 aliphatic heterocycles. The number of ether oxygens (including phenoxy) is 3. The third kappa shape index (κ3) is 57.5. The molecule has 0 radical (unpaired) electrons. The number of unbranched alkanes of at least 4 members (excludes halogenated alkanes) is 46. The van der Waals surface area contributed by atoms with Gasteiger partial charge in [-0.1, -0.05) is 336 Å². The summed E-state index contributed by atoms with van der Waals surface area (Å²) in [6.07, 6.45) is 66.7. The van der Waals surface area contributed by atoms with Gasteiger partial charge in [-0.25, -0.2) is 0 Å². The van der Waals surface area contributed by atoms with Crippen LogP contribution in [0.5, 0.6) is 0 Å². The van der Waals surface area contributed by atoms with E-state index in [0.29, 0.717) is 19.3 Å². The van der Waals surface area contributed by atoms with Crippen LogP contribution in [0, 0.1) is 5.92 Å². The molecule has 0 aromatic carbocycles. The summed E-state index contributed by atoms with van der Waals surface area (Å²) in [5, 5.41) is 0. The van der Waals surface area contributed by atoms with Gasteiger partial charge in [0.1, 0.15) is 13.2 Å². The average Bonchev–Trinajstić information content (AvgIpc) is 3.37. The second-order valence-corrected chi connectivity index (χ2v) is 22.6. The summed E-state index contributed by atoms with van der Waals surface area (Å²) in [5.41, 5.74) is 0. The van der Waals surface area contributed by atoms with Crippen molar-refractivity contribution in [2.75, 3.05) is 13.2 Å². The second kappa shape index (κ2) is 59.3. The van der Waals surface area contributed by atoms with Gasteiger partial charge in [0.05, 0.1) is 0 Å². The predicted molar refractivity (Wildman–Crippen MR) is 307 cm³/mol. The Labute approximate surface area is 444 Å². The molecule has 0 aromatic rings. The molecule has 6 nitrogen and oxygen atoms in total. The van der Waals surface area contributed by atoms with Crippen LogP contribution in [0.1, 0.15) is 374 Å². The molecule has 0 amide bonds. The minimum absolute atomic E-state index is 0.0611. The van der Waals surface area contributed by atoms with Crippen LogP contribution >= 0.6 is 0 Å². The Balaban J connectivity index is 4.29. The van der Waals surface area contributed by atoms with E-state index < -0.39 is 6.10 Å². The average molecular weight is 1000 g/mol. The fourth-order valence-electron chi connectivity index (χ4n) is 10.1. The highest BCUT2D eigenvalue weighted by molar-refractivity contribution is 5.71. The standard InChI is InChI=1S/C65H126O6/c1-5-8-10-12-14-16-18-20-22-24-25-26-28-34-38-42-46-50-54-58-65(68)71-62(59-69-63(66)56-52-48-44-40-36-32-27-23-21-19-17-15-13-11-9-6-2)60-70-64(67)57-53-49-45-41-37-33-30-29-31-35-39-43-47-51-55-61(4)7-3/h61-62H,5-60H2,1-4H3/t61?,62-/m1/s1. The van der Waals surface area contributed by atoms with E-state index in [4.69, 9.17) is 14.2 Å². The zero-order valence-corrected chi connectivity index (χ0v) is 48.7. The molecule has 6 heteroatoms. The lowest BCUT2D eigenvalue weighted by Gasteiger charge is -2.18. The van der Waals surface area contributed by atoms with E-state index in [1.54, 1.807) is 0 Å². The Kier molecular flexibility index (Phi) is 58.0. The molecule has 0 bridgehead atoms. The third-order valence-electron chi connectivity index (χ3n) is 15.4. The monoisotopic (exact) mass is 1000 g/mol. The molecule has 71 heavy (non-hydrogen) atoms. The lowest BCUT2D eigenvalue weighted by Crippen LogP contribution is -2.30. The molecule has 0 saturated carbocycles. The maximum absolute atomic E-state index is 12.9. The van der Waals surface area contributed by atoms with E-state index in [-0.39, 0.29) is 31.1 Å². The second-order valence-electron chi connectivity index (χ2n) is 22.6. The van der Waals surface area contributed by atoms with Gasteiger partial charge in [-0.15, -0.1) is 0 Å². The van der Waals surface area contributed by atoms with E-state index in [1.807, 2.05) is 0 Å². The van der Waals surface area contributed by atoms with Gasteiger partial charge in [0, 0.05) is 19.3 Å². The topological polar surface area (TPSA) is 78.9 Å². The van der Waals surface area contributed by atoms with Crippen LogP contribution in [0.3, 0.4) is 0 Å². The SMILES string of the molecule is CCCCCCCCCCCCCCCCCCCCCC(=O)O[C@H](COC(=O)CCCCCCCCCCCCCCCCCC)COC(=O)CCCCCCCCCCCCCCCCC(C)CC. The van der Waals surface area contributed by atoms with Gasteiger partial charge in [-0.2, -0.15) is 0 Å². The Bertz CT molecular complexity index is 1080. The Hall–Kier alpha value is -1.59. The van der Waals surface area contributed by atoms with Crippen molar-refractivity contribution < 1.29 is 28.6 Å². The molecule has 1 unspecified atom stereocenters. The van der Waals surface area contributed by atoms with E-state index in [0.717, 1.165) is 63.7 Å². The summed E-state index contributed by atoms with van der Waals surface area (Å²) in [4.78, 5) is 38.3. The first-order valence-corrected chi connectivity index (χ1v) is 32.4. The molecule has 0 fully saturated rings. The summed E-state index contributed by atoms with van der Waals surface area (Å²) in [6.45, 7) is 9.13. The van der Waals surface area contributed by atoms with Crippen LogP contribution in [0.25, 0.3) is 0 Å². The molecule has 422 valence electrons. The first kappa shape index (κ1) is 69.4. The summed E-state index contributed by atoms with van der Waals surface area (Å²) < 4.78 is 17.0. The summed E-state index contributed by atoms with van der Waals surface area (Å²) >= 11 is 0. The molecular weight excluding hydrogens is 877 g/mol. The molecule has 0 rings (SSSR count). The third-order valence-corrected chi connectivity index (χ3v) is 15.4. The Morgan fingerprint density at radius 2 is 0.493 bits per heavy atom. The Morgan fingerprint density at radius 3 is 0.732 bits per heavy atom. The van der Waals surface area contributed by atoms with Gasteiger partial charge in [-0.3, -0.25) is 14.4 Å². The van der Waals surface area contributed by atoms with Crippen LogP contribution in [-0.4, -0.2) is 37.2 Å². The number of carbonyl (C=O) groups is 3. The van der Waals surface area contributed by atoms with E-state index >= 15 is 0 Å². The van der Waals surface area contributed by atoms with Crippen LogP contribution < -0.4 is 0 Å². The Morgan fingerprint density at radius 1 is 0.282 bits per heavy atom. The van der Waals surface area contributed by atoms with E-state index in [1.165, 1.54) is 270 Å². The van der Waals surface area contributed by atoms with Gasteiger partial charge in [0.25, 0.3) is 0 Å². The lowest BCUT2D eigenvalue weighted by molar-refractivity contribution is -0.167. The molecule has 0 heterocycles. The maximum atomic E-state index is 12.9. The highest BCUT2D eigenvalue weighted by Gasteiger charge is 2.19. The fraction of sp³-hybridized carbons (Fsp3) is 0.954. The van der Waals surface area contributed by atoms with Crippen LogP contribution in [0.15, 0.2) is 0 Å². The van der Waals surface area contributed by atoms with Crippen molar-refractivity contribution in [3.05, 3.63) is 0 Å². The predicted octanol–water partition coefficient (Wildman–Crippen LogP) is 21.7. The first-order chi connectivity index (χ1) is 34.9. The van der Waals surface area contributed by atoms with Crippen molar-refractivity contribution >= 4 is 17.9 Å².